The Balaban J connectivity index is 2.19. The summed E-state index contributed by atoms with van der Waals surface area (Å²) in [5.74, 6) is -0.548. The summed E-state index contributed by atoms with van der Waals surface area (Å²) >= 11 is 0. The molecule has 1 N–H and O–H groups in total. The summed E-state index contributed by atoms with van der Waals surface area (Å²) in [6, 6.07) is 6.60. The van der Waals surface area contributed by atoms with Crippen LogP contribution in [0.25, 0.3) is 11.4 Å². The summed E-state index contributed by atoms with van der Waals surface area (Å²) in [6.07, 6.45) is 2.94. The standard InChI is InChI=1S/C20H25N3O4/c1-13-6-8-21-15(10-13)16-11-14(7-9-22-16)12-17(18(24)26-5)23-19(25)27-20(2,3)4/h6-11,17H,12H2,1-5H3,(H,23,25)/t17-/m0/s1. The third kappa shape index (κ3) is 6.36. The molecule has 1 amide bonds. The van der Waals surface area contributed by atoms with E-state index in [1.807, 2.05) is 25.1 Å². The van der Waals surface area contributed by atoms with E-state index in [0.717, 1.165) is 16.8 Å². The Hall–Kier alpha value is -2.96. The van der Waals surface area contributed by atoms with Crippen molar-refractivity contribution in [3.63, 3.8) is 0 Å². The van der Waals surface area contributed by atoms with E-state index < -0.39 is 23.7 Å². The lowest BCUT2D eigenvalue weighted by atomic mass is 10.1. The van der Waals surface area contributed by atoms with Crippen LogP contribution in [0.15, 0.2) is 36.7 Å². The quantitative estimate of drug-likeness (QED) is 0.813. The van der Waals surface area contributed by atoms with Crippen LogP contribution in [-0.2, 0) is 20.7 Å². The van der Waals surface area contributed by atoms with Gasteiger partial charge in [-0.1, -0.05) is 0 Å². The molecular weight excluding hydrogens is 346 g/mol. The molecule has 2 aromatic heterocycles. The van der Waals surface area contributed by atoms with E-state index in [2.05, 4.69) is 15.3 Å². The lowest BCUT2D eigenvalue weighted by molar-refractivity contribution is -0.143. The number of aromatic nitrogens is 2. The zero-order valence-electron chi connectivity index (χ0n) is 16.3. The molecule has 2 rings (SSSR count). The molecule has 7 heteroatoms. The topological polar surface area (TPSA) is 90.4 Å². The number of nitrogens with one attached hydrogen (secondary N) is 1. The molecule has 0 aliphatic carbocycles. The average Bonchev–Trinajstić information content (AvgIpc) is 2.59. The van der Waals surface area contributed by atoms with E-state index in [-0.39, 0.29) is 6.42 Å². The Kier molecular flexibility index (Phi) is 6.50. The molecule has 0 radical (unpaired) electrons. The Bertz CT molecular complexity index is 815. The first-order chi connectivity index (χ1) is 12.7. The van der Waals surface area contributed by atoms with Crippen LogP contribution < -0.4 is 5.32 Å². The molecule has 0 spiro atoms. The largest absolute Gasteiger partial charge is 0.467 e. The normalized spacial score (nSPS) is 12.2. The first-order valence-electron chi connectivity index (χ1n) is 8.63. The molecule has 1 atom stereocenters. The van der Waals surface area contributed by atoms with Crippen molar-refractivity contribution in [3.8, 4) is 11.4 Å². The Morgan fingerprint density at radius 3 is 2.33 bits per heavy atom. The molecule has 0 saturated carbocycles. The Morgan fingerprint density at radius 2 is 1.74 bits per heavy atom. The van der Waals surface area contributed by atoms with E-state index in [1.54, 1.807) is 39.2 Å². The van der Waals surface area contributed by atoms with Crippen LogP contribution in [0.5, 0.6) is 0 Å². The summed E-state index contributed by atoms with van der Waals surface area (Å²) in [5.41, 5.74) is 2.66. The van der Waals surface area contributed by atoms with Gasteiger partial charge in [0.15, 0.2) is 0 Å². The first kappa shape index (κ1) is 20.4. The molecule has 27 heavy (non-hydrogen) atoms. The van der Waals surface area contributed by atoms with Crippen LogP contribution in [0.1, 0.15) is 31.9 Å². The van der Waals surface area contributed by atoms with Gasteiger partial charge in [-0.2, -0.15) is 0 Å². The van der Waals surface area contributed by atoms with Gasteiger partial charge in [-0.25, -0.2) is 9.59 Å². The summed E-state index contributed by atoms with van der Waals surface area (Å²) < 4.78 is 10.0. The van der Waals surface area contributed by atoms with Gasteiger partial charge in [0, 0.05) is 18.8 Å². The van der Waals surface area contributed by atoms with Gasteiger partial charge in [0.2, 0.25) is 0 Å². The number of aryl methyl sites for hydroxylation is 1. The molecule has 0 fully saturated rings. The number of amides is 1. The SMILES string of the molecule is COC(=O)[C@H](Cc1ccnc(-c2cc(C)ccn2)c1)NC(=O)OC(C)(C)C. The maximum atomic E-state index is 12.1. The third-order valence-electron chi connectivity index (χ3n) is 3.62. The molecule has 144 valence electrons. The number of hydrogen-bond donors (Lipinski definition) is 1. The molecule has 0 aromatic carbocycles. The number of nitrogens with zero attached hydrogens (tertiary/aromatic N) is 2. The molecule has 0 bridgehead atoms. The summed E-state index contributed by atoms with van der Waals surface area (Å²) in [6.45, 7) is 7.24. The van der Waals surface area contributed by atoms with Gasteiger partial charge in [-0.15, -0.1) is 0 Å². The van der Waals surface area contributed by atoms with Crippen LogP contribution in [0, 0.1) is 6.92 Å². The number of rotatable bonds is 5. The van der Waals surface area contributed by atoms with E-state index in [1.165, 1.54) is 7.11 Å². The lowest BCUT2D eigenvalue weighted by Gasteiger charge is -2.22. The van der Waals surface area contributed by atoms with Crippen molar-refractivity contribution in [2.24, 2.45) is 0 Å². The maximum absolute atomic E-state index is 12.1. The number of ether oxygens (including phenoxy) is 2. The number of carbonyl (C=O) groups is 2. The van der Waals surface area contributed by atoms with E-state index >= 15 is 0 Å². The Labute approximate surface area is 159 Å². The highest BCUT2D eigenvalue weighted by molar-refractivity contribution is 5.81. The fourth-order valence-corrected chi connectivity index (χ4v) is 2.44. The van der Waals surface area contributed by atoms with Gasteiger partial charge in [0.25, 0.3) is 0 Å². The number of alkyl carbamates (subject to hydrolysis) is 1. The van der Waals surface area contributed by atoms with Crippen molar-refractivity contribution in [1.82, 2.24) is 15.3 Å². The van der Waals surface area contributed by atoms with Crippen LogP contribution in [-0.4, -0.2) is 40.8 Å². The number of pyridine rings is 2. The van der Waals surface area contributed by atoms with Crippen molar-refractivity contribution in [3.05, 3.63) is 47.8 Å². The predicted molar refractivity (Wildman–Crippen MR) is 101 cm³/mol. The highest BCUT2D eigenvalue weighted by Gasteiger charge is 2.25. The summed E-state index contributed by atoms with van der Waals surface area (Å²) in [7, 11) is 1.28. The van der Waals surface area contributed by atoms with Crippen molar-refractivity contribution >= 4 is 12.1 Å². The van der Waals surface area contributed by atoms with Crippen LogP contribution in [0.2, 0.25) is 0 Å². The van der Waals surface area contributed by atoms with Crippen LogP contribution >= 0.6 is 0 Å². The average molecular weight is 371 g/mol. The second kappa shape index (κ2) is 8.62. The van der Waals surface area contributed by atoms with Crippen molar-refractivity contribution in [1.29, 1.82) is 0 Å². The third-order valence-corrected chi connectivity index (χ3v) is 3.62. The predicted octanol–water partition coefficient (Wildman–Crippen LogP) is 3.06. The van der Waals surface area contributed by atoms with Crippen molar-refractivity contribution in [2.45, 2.75) is 45.8 Å². The fourth-order valence-electron chi connectivity index (χ4n) is 2.44. The minimum atomic E-state index is -0.870. The molecule has 2 heterocycles. The van der Waals surface area contributed by atoms with Gasteiger partial charge in [0.05, 0.1) is 18.5 Å². The highest BCUT2D eigenvalue weighted by Crippen LogP contribution is 2.17. The minimum absolute atomic E-state index is 0.243. The Morgan fingerprint density at radius 1 is 1.11 bits per heavy atom. The van der Waals surface area contributed by atoms with E-state index in [4.69, 9.17) is 9.47 Å². The van der Waals surface area contributed by atoms with Crippen molar-refractivity contribution < 1.29 is 19.1 Å². The molecule has 0 aliphatic rings. The monoisotopic (exact) mass is 371 g/mol. The van der Waals surface area contributed by atoms with E-state index in [0.29, 0.717) is 5.69 Å². The molecular formula is C20H25N3O4. The maximum Gasteiger partial charge on any atom is 0.408 e. The molecule has 0 saturated heterocycles. The molecule has 7 nitrogen and oxygen atoms in total. The van der Waals surface area contributed by atoms with Gasteiger partial charge in [0.1, 0.15) is 11.6 Å². The van der Waals surface area contributed by atoms with Crippen LogP contribution in [0.3, 0.4) is 0 Å². The molecule has 2 aromatic rings. The zero-order valence-corrected chi connectivity index (χ0v) is 16.3. The summed E-state index contributed by atoms with van der Waals surface area (Å²) in [4.78, 5) is 32.8. The number of carbonyl (C=O) groups excluding carboxylic acids is 2. The smallest absolute Gasteiger partial charge is 0.408 e. The second-order valence-corrected chi connectivity index (χ2v) is 7.19. The summed E-state index contributed by atoms with van der Waals surface area (Å²) in [5, 5.41) is 2.57. The van der Waals surface area contributed by atoms with E-state index in [9.17, 15) is 9.59 Å². The molecule has 0 aliphatic heterocycles. The number of methoxy groups -OCH3 is 1. The number of esters is 1. The minimum Gasteiger partial charge on any atom is -0.467 e. The zero-order chi connectivity index (χ0) is 20.0. The van der Waals surface area contributed by atoms with Gasteiger partial charge < -0.3 is 14.8 Å². The molecule has 0 unspecified atom stereocenters. The second-order valence-electron chi connectivity index (χ2n) is 7.19. The van der Waals surface area contributed by atoms with Gasteiger partial charge in [-0.3, -0.25) is 9.97 Å². The van der Waals surface area contributed by atoms with Crippen LogP contribution in [0.4, 0.5) is 4.79 Å². The first-order valence-corrected chi connectivity index (χ1v) is 8.63. The van der Waals surface area contributed by atoms with Gasteiger partial charge in [-0.05, 0) is 63.1 Å². The van der Waals surface area contributed by atoms with Gasteiger partial charge >= 0.3 is 12.1 Å². The highest BCUT2D eigenvalue weighted by atomic mass is 16.6. The van der Waals surface area contributed by atoms with Crippen molar-refractivity contribution in [2.75, 3.05) is 7.11 Å². The fraction of sp³-hybridized carbons (Fsp3) is 0.400. The number of hydrogen-bond acceptors (Lipinski definition) is 6. The lowest BCUT2D eigenvalue weighted by Crippen LogP contribution is -2.45.